The number of carbonyl (C=O) groups is 2. The molecule has 1 amide bonds. The first kappa shape index (κ1) is 14.8. The van der Waals surface area contributed by atoms with Gasteiger partial charge in [-0.05, 0) is 30.5 Å². The zero-order chi connectivity index (χ0) is 15.4. The first-order chi connectivity index (χ1) is 10.0. The molecule has 4 heteroatoms. The molecule has 0 aromatic heterocycles. The van der Waals surface area contributed by atoms with Crippen LogP contribution in [0.25, 0.3) is 0 Å². The van der Waals surface area contributed by atoms with Gasteiger partial charge in [0.1, 0.15) is 0 Å². The molecule has 108 valence electrons. The molecule has 0 atom stereocenters. The lowest BCUT2D eigenvalue weighted by atomic mass is 9.96. The van der Waals surface area contributed by atoms with Crippen LogP contribution < -0.4 is 5.32 Å². The Kier molecular flexibility index (Phi) is 4.38. The van der Waals surface area contributed by atoms with Crippen molar-refractivity contribution in [3.63, 3.8) is 0 Å². The highest BCUT2D eigenvalue weighted by Gasteiger charge is 2.20. The topological polar surface area (TPSA) is 66.4 Å². The van der Waals surface area contributed by atoms with Gasteiger partial charge in [0, 0.05) is 6.54 Å². The van der Waals surface area contributed by atoms with Crippen LogP contribution in [0.1, 0.15) is 37.4 Å². The highest BCUT2D eigenvalue weighted by atomic mass is 16.4. The second-order valence-corrected chi connectivity index (χ2v) is 4.92. The molecule has 0 fully saturated rings. The number of hydrogen-bond acceptors (Lipinski definition) is 2. The minimum Gasteiger partial charge on any atom is -0.478 e. The van der Waals surface area contributed by atoms with Crippen LogP contribution in [0.4, 0.5) is 0 Å². The van der Waals surface area contributed by atoms with Gasteiger partial charge in [-0.15, -0.1) is 0 Å². The van der Waals surface area contributed by atoms with Crippen molar-refractivity contribution >= 4 is 11.9 Å². The van der Waals surface area contributed by atoms with Gasteiger partial charge in [-0.25, -0.2) is 4.79 Å². The van der Waals surface area contributed by atoms with Gasteiger partial charge in [-0.3, -0.25) is 4.79 Å². The van der Waals surface area contributed by atoms with Crippen LogP contribution in [0.2, 0.25) is 0 Å². The summed E-state index contributed by atoms with van der Waals surface area (Å²) in [6.45, 7) is 3.80. The molecule has 0 aliphatic carbocycles. The maximum Gasteiger partial charge on any atom is 0.336 e. The van der Waals surface area contributed by atoms with E-state index in [1.807, 2.05) is 30.3 Å². The number of hydrogen-bond donors (Lipinski definition) is 2. The number of carboxylic acids is 1. The minimum atomic E-state index is -1.08. The van der Waals surface area contributed by atoms with E-state index in [-0.39, 0.29) is 17.0 Å². The average molecular weight is 283 g/mol. The van der Waals surface area contributed by atoms with Crippen molar-refractivity contribution in [2.75, 3.05) is 0 Å². The van der Waals surface area contributed by atoms with Crippen molar-refractivity contribution in [2.24, 2.45) is 0 Å². The second kappa shape index (κ2) is 6.22. The van der Waals surface area contributed by atoms with E-state index in [4.69, 9.17) is 0 Å². The zero-order valence-electron chi connectivity index (χ0n) is 12.0. The fourth-order valence-corrected chi connectivity index (χ4v) is 2.25. The molecule has 0 aliphatic heterocycles. The molecule has 4 nitrogen and oxygen atoms in total. The van der Waals surface area contributed by atoms with Crippen molar-refractivity contribution in [1.82, 2.24) is 5.32 Å². The van der Waals surface area contributed by atoms with Gasteiger partial charge in [0.15, 0.2) is 0 Å². The lowest BCUT2D eigenvalue weighted by Gasteiger charge is -2.12. The molecule has 0 unspecified atom stereocenters. The summed E-state index contributed by atoms with van der Waals surface area (Å²) in [4.78, 5) is 23.7. The summed E-state index contributed by atoms with van der Waals surface area (Å²) in [6, 6.07) is 13.0. The Labute approximate surface area is 123 Å². The molecule has 0 aliphatic rings. The van der Waals surface area contributed by atoms with E-state index in [1.165, 1.54) is 0 Å². The van der Waals surface area contributed by atoms with E-state index in [0.29, 0.717) is 17.7 Å². The maximum absolute atomic E-state index is 12.3. The van der Waals surface area contributed by atoms with Crippen molar-refractivity contribution in [2.45, 2.75) is 20.4 Å². The van der Waals surface area contributed by atoms with E-state index in [1.54, 1.807) is 26.0 Å². The Morgan fingerprint density at radius 1 is 0.952 bits per heavy atom. The molecular formula is C17H17NO3. The first-order valence-corrected chi connectivity index (χ1v) is 6.66. The fourth-order valence-electron chi connectivity index (χ4n) is 2.25. The summed E-state index contributed by atoms with van der Waals surface area (Å²) >= 11 is 0. The summed E-state index contributed by atoms with van der Waals surface area (Å²) in [7, 11) is 0. The van der Waals surface area contributed by atoms with Crippen molar-refractivity contribution in [3.05, 3.63) is 70.3 Å². The second-order valence-electron chi connectivity index (χ2n) is 4.92. The van der Waals surface area contributed by atoms with Crippen LogP contribution in [0.15, 0.2) is 42.5 Å². The number of aromatic carboxylic acids is 1. The Bertz CT molecular complexity index is 678. The molecule has 2 aromatic rings. The molecule has 2 aromatic carbocycles. The number of carboxylic acid groups (broad SMARTS) is 1. The molecule has 0 bridgehead atoms. The van der Waals surface area contributed by atoms with Crippen LogP contribution in [0.5, 0.6) is 0 Å². The largest absolute Gasteiger partial charge is 0.478 e. The van der Waals surface area contributed by atoms with Crippen LogP contribution in [0.3, 0.4) is 0 Å². The third-order valence-electron chi connectivity index (χ3n) is 3.36. The summed E-state index contributed by atoms with van der Waals surface area (Å²) in [5.74, 6) is -1.45. The number of rotatable bonds is 4. The number of amides is 1. The van der Waals surface area contributed by atoms with Gasteiger partial charge in [0.2, 0.25) is 0 Å². The number of carbonyl (C=O) groups excluding carboxylic acids is 1. The number of benzene rings is 2. The monoisotopic (exact) mass is 283 g/mol. The molecular weight excluding hydrogens is 266 g/mol. The lowest BCUT2D eigenvalue weighted by molar-refractivity contribution is 0.0690. The quantitative estimate of drug-likeness (QED) is 0.906. The third-order valence-corrected chi connectivity index (χ3v) is 3.36. The highest BCUT2D eigenvalue weighted by molar-refractivity contribution is 6.06. The SMILES string of the molecule is Cc1ccc(C)c(C(=O)NCc2ccccc2)c1C(=O)O. The van der Waals surface area contributed by atoms with E-state index < -0.39 is 5.97 Å². The van der Waals surface area contributed by atoms with Gasteiger partial charge >= 0.3 is 5.97 Å². The van der Waals surface area contributed by atoms with E-state index in [9.17, 15) is 14.7 Å². The van der Waals surface area contributed by atoms with E-state index in [2.05, 4.69) is 5.32 Å². The van der Waals surface area contributed by atoms with Gasteiger partial charge in [0.05, 0.1) is 11.1 Å². The molecule has 0 saturated carbocycles. The Balaban J connectivity index is 2.27. The standard InChI is InChI=1S/C17H17NO3/c1-11-8-9-12(2)15(17(20)21)14(11)16(19)18-10-13-6-4-3-5-7-13/h3-9H,10H2,1-2H3,(H,18,19)(H,20,21). The van der Waals surface area contributed by atoms with Crippen LogP contribution >= 0.6 is 0 Å². The van der Waals surface area contributed by atoms with Crippen molar-refractivity contribution in [3.8, 4) is 0 Å². The third kappa shape index (κ3) is 3.28. The van der Waals surface area contributed by atoms with Gasteiger partial charge in [-0.1, -0.05) is 42.5 Å². The average Bonchev–Trinajstić information content (AvgIpc) is 2.47. The summed E-state index contributed by atoms with van der Waals surface area (Å²) in [6.07, 6.45) is 0. The summed E-state index contributed by atoms with van der Waals surface area (Å²) in [5.41, 5.74) is 2.51. The lowest BCUT2D eigenvalue weighted by Crippen LogP contribution is -2.26. The predicted octanol–water partition coefficient (Wildman–Crippen LogP) is 2.93. The molecule has 0 radical (unpaired) electrons. The summed E-state index contributed by atoms with van der Waals surface area (Å²) < 4.78 is 0. The zero-order valence-corrected chi connectivity index (χ0v) is 12.0. The van der Waals surface area contributed by atoms with Gasteiger partial charge in [-0.2, -0.15) is 0 Å². The van der Waals surface area contributed by atoms with Crippen molar-refractivity contribution < 1.29 is 14.7 Å². The first-order valence-electron chi connectivity index (χ1n) is 6.66. The molecule has 0 saturated heterocycles. The highest BCUT2D eigenvalue weighted by Crippen LogP contribution is 2.19. The molecule has 0 heterocycles. The van der Waals surface area contributed by atoms with E-state index in [0.717, 1.165) is 5.56 Å². The van der Waals surface area contributed by atoms with Crippen LogP contribution in [0, 0.1) is 13.8 Å². The number of aryl methyl sites for hydroxylation is 2. The van der Waals surface area contributed by atoms with Crippen LogP contribution in [-0.2, 0) is 6.54 Å². The van der Waals surface area contributed by atoms with Gasteiger partial charge < -0.3 is 10.4 Å². The van der Waals surface area contributed by atoms with E-state index >= 15 is 0 Å². The molecule has 0 spiro atoms. The van der Waals surface area contributed by atoms with Crippen molar-refractivity contribution in [1.29, 1.82) is 0 Å². The Hall–Kier alpha value is -2.62. The normalized spacial score (nSPS) is 10.2. The molecule has 21 heavy (non-hydrogen) atoms. The summed E-state index contributed by atoms with van der Waals surface area (Å²) in [5, 5.41) is 12.1. The van der Waals surface area contributed by atoms with Crippen LogP contribution in [-0.4, -0.2) is 17.0 Å². The Morgan fingerprint density at radius 3 is 2.10 bits per heavy atom. The fraction of sp³-hybridized carbons (Fsp3) is 0.176. The molecule has 2 N–H and O–H groups in total. The van der Waals surface area contributed by atoms with Gasteiger partial charge in [0.25, 0.3) is 5.91 Å². The number of nitrogens with one attached hydrogen (secondary N) is 1. The smallest absolute Gasteiger partial charge is 0.336 e. The minimum absolute atomic E-state index is 0.0700. The predicted molar refractivity (Wildman–Crippen MR) is 80.5 cm³/mol. The Morgan fingerprint density at radius 2 is 1.52 bits per heavy atom. The molecule has 2 rings (SSSR count). The maximum atomic E-state index is 12.3.